The minimum absolute atomic E-state index is 0. The number of ether oxygens (including phenoxy) is 1. The highest BCUT2D eigenvalue weighted by molar-refractivity contribution is 5.85. The largest absolute Gasteiger partial charge is 0.444 e. The van der Waals surface area contributed by atoms with Gasteiger partial charge in [-0.1, -0.05) is 0 Å². The zero-order valence-corrected chi connectivity index (χ0v) is 11.0. The van der Waals surface area contributed by atoms with Gasteiger partial charge in [0.05, 0.1) is 0 Å². The van der Waals surface area contributed by atoms with Crippen LogP contribution in [0.4, 0.5) is 4.79 Å². The van der Waals surface area contributed by atoms with Crippen molar-refractivity contribution in [2.24, 2.45) is 0 Å². The van der Waals surface area contributed by atoms with Gasteiger partial charge in [-0.2, -0.15) is 0 Å². The Hall–Kier alpha value is -0.480. The van der Waals surface area contributed by atoms with Crippen molar-refractivity contribution in [2.45, 2.75) is 51.3 Å². The van der Waals surface area contributed by atoms with Gasteiger partial charge in [0.1, 0.15) is 5.60 Å². The van der Waals surface area contributed by atoms with Gasteiger partial charge >= 0.3 is 6.09 Å². The van der Waals surface area contributed by atoms with Gasteiger partial charge in [0.15, 0.2) is 0 Å². The topological polar surface area (TPSA) is 41.6 Å². The monoisotopic (exact) mass is 248 g/mol. The van der Waals surface area contributed by atoms with E-state index in [2.05, 4.69) is 5.32 Å². The normalized spacial score (nSPS) is 28.6. The molecule has 3 aliphatic rings. The number of carbonyl (C=O) groups is 1. The van der Waals surface area contributed by atoms with E-state index in [9.17, 15) is 4.79 Å². The smallest absolute Gasteiger partial charge is 0.410 e. The quantitative estimate of drug-likeness (QED) is 0.711. The van der Waals surface area contributed by atoms with E-state index in [0.717, 1.165) is 19.5 Å². The Balaban J connectivity index is 0.00000128. The van der Waals surface area contributed by atoms with Gasteiger partial charge in [0, 0.05) is 25.2 Å². The zero-order chi connectivity index (χ0) is 11.1. The third kappa shape index (κ3) is 3.01. The van der Waals surface area contributed by atoms with Crippen molar-refractivity contribution < 1.29 is 9.53 Å². The molecule has 3 fully saturated rings. The number of fused-ring (bicyclic) bond motifs is 3. The fourth-order valence-corrected chi connectivity index (χ4v) is 2.25. The Kier molecular flexibility index (Phi) is 4.07. The summed E-state index contributed by atoms with van der Waals surface area (Å²) in [6.45, 7) is 7.45. The number of hydrogen-bond acceptors (Lipinski definition) is 3. The highest BCUT2D eigenvalue weighted by Gasteiger charge is 2.37. The number of halogens is 1. The lowest BCUT2D eigenvalue weighted by Gasteiger charge is -2.45. The fraction of sp³-hybridized carbons (Fsp3) is 0.909. The van der Waals surface area contributed by atoms with E-state index in [1.165, 1.54) is 6.42 Å². The van der Waals surface area contributed by atoms with Gasteiger partial charge in [-0.05, 0) is 33.6 Å². The maximum Gasteiger partial charge on any atom is 0.410 e. The van der Waals surface area contributed by atoms with Crippen LogP contribution in [0.25, 0.3) is 0 Å². The molecule has 2 bridgehead atoms. The van der Waals surface area contributed by atoms with Crippen molar-refractivity contribution in [1.29, 1.82) is 0 Å². The number of hydrogen-bond donors (Lipinski definition) is 1. The van der Waals surface area contributed by atoms with Crippen molar-refractivity contribution in [2.75, 3.05) is 13.1 Å². The summed E-state index contributed by atoms with van der Waals surface area (Å²) < 4.78 is 5.39. The van der Waals surface area contributed by atoms with Crippen LogP contribution in [-0.4, -0.2) is 41.8 Å². The average Bonchev–Trinajstić information content (AvgIpc) is 2.17. The molecule has 0 aromatic carbocycles. The van der Waals surface area contributed by atoms with Crippen LogP contribution in [0.3, 0.4) is 0 Å². The first-order valence-electron chi connectivity index (χ1n) is 5.69. The Bertz CT molecular complexity index is 257. The highest BCUT2D eigenvalue weighted by Crippen LogP contribution is 2.24. The standard InChI is InChI=1S/C11H20N2O2.ClH/c1-11(2,3)15-10(14)13-7-8-4-5-9(13)6-12-8;/h8-9,12H,4-7H2,1-3H3;1H. The molecule has 3 rings (SSSR count). The first-order chi connectivity index (χ1) is 6.96. The van der Waals surface area contributed by atoms with Crippen LogP contribution < -0.4 is 5.32 Å². The molecule has 16 heavy (non-hydrogen) atoms. The summed E-state index contributed by atoms with van der Waals surface area (Å²) in [7, 11) is 0. The number of piperazine rings is 1. The van der Waals surface area contributed by atoms with E-state index in [-0.39, 0.29) is 24.1 Å². The number of nitrogens with one attached hydrogen (secondary N) is 1. The summed E-state index contributed by atoms with van der Waals surface area (Å²) in [4.78, 5) is 13.8. The molecule has 0 aliphatic carbocycles. The van der Waals surface area contributed by atoms with E-state index in [0.29, 0.717) is 12.1 Å². The van der Waals surface area contributed by atoms with Crippen LogP contribution in [0.5, 0.6) is 0 Å². The van der Waals surface area contributed by atoms with Crippen molar-refractivity contribution in [3.63, 3.8) is 0 Å². The van der Waals surface area contributed by atoms with Crippen molar-refractivity contribution in [3.05, 3.63) is 0 Å². The van der Waals surface area contributed by atoms with Crippen molar-refractivity contribution in [3.8, 4) is 0 Å². The minimum atomic E-state index is -0.388. The molecule has 0 saturated carbocycles. The SMILES string of the molecule is CC(C)(C)OC(=O)N1CC2CCC1CN2.Cl. The van der Waals surface area contributed by atoms with E-state index < -0.39 is 0 Å². The summed E-state index contributed by atoms with van der Waals surface area (Å²) in [5.74, 6) is 0. The summed E-state index contributed by atoms with van der Waals surface area (Å²) in [6, 6.07) is 0.812. The second-order valence-electron chi connectivity index (χ2n) is 5.47. The lowest BCUT2D eigenvalue weighted by molar-refractivity contribution is -0.00406. The van der Waals surface area contributed by atoms with Crippen molar-refractivity contribution >= 4 is 18.5 Å². The Morgan fingerprint density at radius 1 is 1.38 bits per heavy atom. The van der Waals surface area contributed by atoms with E-state index in [1.807, 2.05) is 25.7 Å². The number of rotatable bonds is 0. The molecule has 0 aromatic rings. The van der Waals surface area contributed by atoms with Crippen LogP contribution in [-0.2, 0) is 4.74 Å². The average molecular weight is 249 g/mol. The molecule has 1 N–H and O–H groups in total. The van der Waals surface area contributed by atoms with Crippen LogP contribution >= 0.6 is 12.4 Å². The van der Waals surface area contributed by atoms with Crippen molar-refractivity contribution in [1.82, 2.24) is 10.2 Å². The van der Waals surface area contributed by atoms with Gasteiger partial charge in [-0.3, -0.25) is 0 Å². The molecule has 5 heteroatoms. The molecule has 94 valence electrons. The molecule has 4 nitrogen and oxygen atoms in total. The van der Waals surface area contributed by atoms with Crippen LogP contribution in [0, 0.1) is 0 Å². The lowest BCUT2D eigenvalue weighted by atomic mass is 9.93. The molecular weight excluding hydrogens is 228 g/mol. The minimum Gasteiger partial charge on any atom is -0.444 e. The first kappa shape index (κ1) is 13.6. The predicted molar refractivity (Wildman–Crippen MR) is 65.0 cm³/mol. The Morgan fingerprint density at radius 3 is 2.44 bits per heavy atom. The second kappa shape index (κ2) is 4.80. The molecule has 3 saturated heterocycles. The van der Waals surface area contributed by atoms with E-state index >= 15 is 0 Å². The highest BCUT2D eigenvalue weighted by atomic mass is 35.5. The van der Waals surface area contributed by atoms with Gasteiger partial charge in [-0.25, -0.2) is 4.79 Å². The number of carbonyl (C=O) groups excluding carboxylic acids is 1. The van der Waals surface area contributed by atoms with Crippen LogP contribution in [0.1, 0.15) is 33.6 Å². The fourth-order valence-electron chi connectivity index (χ4n) is 2.25. The Morgan fingerprint density at radius 2 is 2.06 bits per heavy atom. The van der Waals surface area contributed by atoms with Crippen LogP contribution in [0.15, 0.2) is 0 Å². The molecule has 3 aliphatic heterocycles. The second-order valence-corrected chi connectivity index (χ2v) is 5.47. The molecule has 0 spiro atoms. The first-order valence-corrected chi connectivity index (χ1v) is 5.69. The molecule has 2 atom stereocenters. The summed E-state index contributed by atoms with van der Waals surface area (Å²) in [5.41, 5.74) is -0.388. The zero-order valence-electron chi connectivity index (χ0n) is 10.2. The maximum atomic E-state index is 11.9. The van der Waals surface area contributed by atoms with E-state index in [4.69, 9.17) is 4.74 Å². The van der Waals surface area contributed by atoms with Gasteiger partial charge in [0.2, 0.25) is 0 Å². The number of nitrogens with zero attached hydrogens (tertiary/aromatic N) is 1. The van der Waals surface area contributed by atoms with Gasteiger partial charge < -0.3 is 15.0 Å². The summed E-state index contributed by atoms with van der Waals surface area (Å²) >= 11 is 0. The summed E-state index contributed by atoms with van der Waals surface area (Å²) in [6.07, 6.45) is 2.14. The number of piperidine rings is 2. The third-order valence-electron chi connectivity index (χ3n) is 2.98. The molecule has 3 heterocycles. The molecule has 0 radical (unpaired) electrons. The third-order valence-corrected chi connectivity index (χ3v) is 2.98. The molecule has 1 amide bonds. The lowest BCUT2D eigenvalue weighted by Crippen LogP contribution is -2.62. The maximum absolute atomic E-state index is 11.9. The molecule has 2 unspecified atom stereocenters. The predicted octanol–water partition coefficient (Wildman–Crippen LogP) is 1.78. The van der Waals surface area contributed by atoms with E-state index in [1.54, 1.807) is 0 Å². The van der Waals surface area contributed by atoms with Crippen LogP contribution in [0.2, 0.25) is 0 Å². The van der Waals surface area contributed by atoms with Gasteiger partial charge in [-0.15, -0.1) is 12.4 Å². The molecule has 0 aromatic heterocycles. The molecular formula is C11H21ClN2O2. The van der Waals surface area contributed by atoms with Gasteiger partial charge in [0.25, 0.3) is 0 Å². The summed E-state index contributed by atoms with van der Waals surface area (Å²) in [5, 5.41) is 3.42. The Labute approximate surface area is 103 Å². The number of amides is 1.